The molecule has 0 saturated heterocycles. The van der Waals surface area contributed by atoms with Gasteiger partial charge in [0.1, 0.15) is 4.88 Å². The van der Waals surface area contributed by atoms with Gasteiger partial charge in [0.2, 0.25) is 0 Å². The molecule has 0 aliphatic carbocycles. The third-order valence-corrected chi connectivity index (χ3v) is 4.28. The Labute approximate surface area is 127 Å². The largest absolute Gasteiger partial charge is 0.465 e. The van der Waals surface area contributed by atoms with Crippen LogP contribution in [0.1, 0.15) is 38.1 Å². The van der Waals surface area contributed by atoms with Crippen molar-refractivity contribution in [3.63, 3.8) is 0 Å². The predicted molar refractivity (Wildman–Crippen MR) is 84.2 cm³/mol. The Morgan fingerprint density at radius 1 is 1.24 bits per heavy atom. The monoisotopic (exact) mass is 303 g/mol. The zero-order valence-corrected chi connectivity index (χ0v) is 13.0. The Kier molecular flexibility index (Phi) is 4.75. The second-order valence-corrected chi connectivity index (χ2v) is 5.67. The summed E-state index contributed by atoms with van der Waals surface area (Å²) in [4.78, 5) is 24.2. The summed E-state index contributed by atoms with van der Waals surface area (Å²) in [5.74, 6) is -0.569. The molecule has 21 heavy (non-hydrogen) atoms. The van der Waals surface area contributed by atoms with Crippen LogP contribution in [0, 0.1) is 6.92 Å². The smallest absolute Gasteiger partial charge is 0.348 e. The molecular formula is C16H17NO3S. The van der Waals surface area contributed by atoms with Gasteiger partial charge in [-0.15, -0.1) is 11.3 Å². The Hall–Kier alpha value is -2.14. The van der Waals surface area contributed by atoms with Gasteiger partial charge in [-0.05, 0) is 42.7 Å². The van der Waals surface area contributed by atoms with Crippen molar-refractivity contribution in [2.75, 3.05) is 12.4 Å². The van der Waals surface area contributed by atoms with Crippen LogP contribution < -0.4 is 5.32 Å². The van der Waals surface area contributed by atoms with Crippen LogP contribution >= 0.6 is 11.3 Å². The number of carbonyl (C=O) groups excluding carboxylic acids is 2. The number of amides is 1. The molecule has 0 atom stereocenters. The maximum atomic E-state index is 12.2. The lowest BCUT2D eigenvalue weighted by Gasteiger charge is -2.03. The van der Waals surface area contributed by atoms with Gasteiger partial charge < -0.3 is 10.1 Å². The van der Waals surface area contributed by atoms with Crippen molar-refractivity contribution in [1.29, 1.82) is 0 Å². The van der Waals surface area contributed by atoms with Gasteiger partial charge in [0.15, 0.2) is 0 Å². The third kappa shape index (κ3) is 3.49. The average Bonchev–Trinajstić information content (AvgIpc) is 2.87. The zero-order valence-electron chi connectivity index (χ0n) is 12.2. The highest BCUT2D eigenvalue weighted by Crippen LogP contribution is 2.27. The second-order valence-electron chi connectivity index (χ2n) is 4.62. The third-order valence-electron chi connectivity index (χ3n) is 3.15. The van der Waals surface area contributed by atoms with Gasteiger partial charge in [-0.25, -0.2) is 4.79 Å². The first-order chi connectivity index (χ1) is 10.0. The number of esters is 1. The number of ether oxygens (including phenoxy) is 1. The van der Waals surface area contributed by atoms with E-state index >= 15 is 0 Å². The number of benzene rings is 1. The van der Waals surface area contributed by atoms with Crippen LogP contribution in [0.3, 0.4) is 0 Å². The van der Waals surface area contributed by atoms with E-state index in [2.05, 4.69) is 12.2 Å². The van der Waals surface area contributed by atoms with Crippen LogP contribution in [0.25, 0.3) is 0 Å². The van der Waals surface area contributed by atoms with Gasteiger partial charge in [0.05, 0.1) is 12.1 Å². The minimum Gasteiger partial charge on any atom is -0.465 e. The number of hydrogen-bond acceptors (Lipinski definition) is 4. The summed E-state index contributed by atoms with van der Waals surface area (Å²) in [5, 5.41) is 3.44. The number of aryl methyl sites for hydroxylation is 2. The van der Waals surface area contributed by atoms with E-state index in [9.17, 15) is 9.59 Å². The highest BCUT2D eigenvalue weighted by Gasteiger charge is 2.15. The topological polar surface area (TPSA) is 55.4 Å². The van der Waals surface area contributed by atoms with E-state index in [0.29, 0.717) is 15.4 Å². The molecule has 0 unspecified atom stereocenters. The van der Waals surface area contributed by atoms with Crippen LogP contribution in [0.5, 0.6) is 0 Å². The number of nitrogens with one attached hydrogen (secondary N) is 1. The van der Waals surface area contributed by atoms with Gasteiger partial charge in [-0.1, -0.05) is 19.1 Å². The summed E-state index contributed by atoms with van der Waals surface area (Å²) in [7, 11) is 1.34. The van der Waals surface area contributed by atoms with Crippen molar-refractivity contribution in [2.24, 2.45) is 0 Å². The Morgan fingerprint density at radius 2 is 1.90 bits per heavy atom. The van der Waals surface area contributed by atoms with Gasteiger partial charge in [0.25, 0.3) is 5.91 Å². The number of anilines is 1. The lowest BCUT2D eigenvalue weighted by atomic mass is 10.1. The standard InChI is InChI=1S/C16H17NO3S/c1-4-11-5-7-12(8-6-11)15(18)17-13-9-10(2)14(21-13)16(19)20-3/h5-9H,4H2,1-3H3,(H,17,18). The molecular weight excluding hydrogens is 286 g/mol. The van der Waals surface area contributed by atoms with Crippen molar-refractivity contribution < 1.29 is 14.3 Å². The first-order valence-electron chi connectivity index (χ1n) is 6.64. The SMILES string of the molecule is CCc1ccc(C(=O)Nc2cc(C)c(C(=O)OC)s2)cc1. The number of hydrogen-bond donors (Lipinski definition) is 1. The van der Waals surface area contributed by atoms with E-state index in [0.717, 1.165) is 12.0 Å². The van der Waals surface area contributed by atoms with Crippen molar-refractivity contribution in [1.82, 2.24) is 0 Å². The highest BCUT2D eigenvalue weighted by atomic mass is 32.1. The Balaban J connectivity index is 2.13. The molecule has 0 saturated carbocycles. The summed E-state index contributed by atoms with van der Waals surface area (Å²) >= 11 is 1.22. The molecule has 1 aromatic carbocycles. The molecule has 1 amide bonds. The van der Waals surface area contributed by atoms with Crippen LogP contribution in [-0.4, -0.2) is 19.0 Å². The predicted octanol–water partition coefficient (Wildman–Crippen LogP) is 3.66. The lowest BCUT2D eigenvalue weighted by molar-refractivity contribution is 0.0605. The molecule has 1 heterocycles. The first kappa shape index (κ1) is 15.3. The fourth-order valence-corrected chi connectivity index (χ4v) is 2.90. The van der Waals surface area contributed by atoms with Crippen LogP contribution in [0.2, 0.25) is 0 Å². The van der Waals surface area contributed by atoms with Gasteiger partial charge in [0, 0.05) is 5.56 Å². The van der Waals surface area contributed by atoms with Gasteiger partial charge in [-0.3, -0.25) is 4.79 Å². The minimum absolute atomic E-state index is 0.185. The van der Waals surface area contributed by atoms with E-state index in [1.165, 1.54) is 24.0 Å². The fourth-order valence-electron chi connectivity index (χ4n) is 1.91. The molecule has 2 aromatic rings. The molecule has 0 fully saturated rings. The number of thiophene rings is 1. The van der Waals surface area contributed by atoms with Crippen molar-refractivity contribution in [3.05, 3.63) is 51.9 Å². The molecule has 0 aliphatic rings. The molecule has 5 heteroatoms. The molecule has 0 radical (unpaired) electrons. The van der Waals surface area contributed by atoms with E-state index in [1.807, 2.05) is 19.1 Å². The number of rotatable bonds is 4. The maximum Gasteiger partial charge on any atom is 0.348 e. The van der Waals surface area contributed by atoms with Crippen molar-refractivity contribution >= 4 is 28.2 Å². The summed E-state index contributed by atoms with van der Waals surface area (Å²) < 4.78 is 4.70. The van der Waals surface area contributed by atoms with E-state index in [4.69, 9.17) is 4.74 Å². The molecule has 110 valence electrons. The maximum absolute atomic E-state index is 12.2. The van der Waals surface area contributed by atoms with E-state index in [1.54, 1.807) is 18.2 Å². The highest BCUT2D eigenvalue weighted by molar-refractivity contribution is 7.18. The minimum atomic E-state index is -0.384. The molecule has 0 spiro atoms. The van der Waals surface area contributed by atoms with Crippen LogP contribution in [0.15, 0.2) is 30.3 Å². The first-order valence-corrected chi connectivity index (χ1v) is 7.45. The molecule has 0 bridgehead atoms. The van der Waals surface area contributed by atoms with Crippen LogP contribution in [0.4, 0.5) is 5.00 Å². The van der Waals surface area contributed by atoms with Gasteiger partial charge in [-0.2, -0.15) is 0 Å². The summed E-state index contributed by atoms with van der Waals surface area (Å²) in [6, 6.07) is 9.25. The summed E-state index contributed by atoms with van der Waals surface area (Å²) in [5.41, 5.74) is 2.58. The molecule has 1 N–H and O–H groups in total. The van der Waals surface area contributed by atoms with Crippen molar-refractivity contribution in [3.8, 4) is 0 Å². The van der Waals surface area contributed by atoms with E-state index < -0.39 is 0 Å². The molecule has 1 aromatic heterocycles. The molecule has 2 rings (SSSR count). The summed E-state index contributed by atoms with van der Waals surface area (Å²) in [6.07, 6.45) is 0.939. The Morgan fingerprint density at radius 3 is 2.48 bits per heavy atom. The van der Waals surface area contributed by atoms with Crippen LogP contribution in [-0.2, 0) is 11.2 Å². The lowest BCUT2D eigenvalue weighted by Crippen LogP contribution is -2.10. The molecule has 0 aliphatic heterocycles. The average molecular weight is 303 g/mol. The number of carbonyl (C=O) groups is 2. The zero-order chi connectivity index (χ0) is 15.4. The van der Waals surface area contributed by atoms with E-state index in [-0.39, 0.29) is 11.9 Å². The normalized spacial score (nSPS) is 10.2. The second kappa shape index (κ2) is 6.54. The van der Waals surface area contributed by atoms with Crippen molar-refractivity contribution in [2.45, 2.75) is 20.3 Å². The Bertz CT molecular complexity index is 659. The fraction of sp³-hybridized carbons (Fsp3) is 0.250. The summed E-state index contributed by atoms with van der Waals surface area (Å²) in [6.45, 7) is 3.88. The quantitative estimate of drug-likeness (QED) is 0.877. The molecule has 4 nitrogen and oxygen atoms in total. The number of methoxy groups -OCH3 is 1. The van der Waals surface area contributed by atoms with Gasteiger partial charge >= 0.3 is 5.97 Å².